The van der Waals surface area contributed by atoms with Crippen LogP contribution in [0.25, 0.3) is 10.9 Å². The molecular weight excluding hydrogens is 422 g/mol. The molecule has 174 valence electrons. The number of fused-ring (bicyclic) bond motifs is 1. The molecule has 0 aliphatic carbocycles. The van der Waals surface area contributed by atoms with E-state index in [0.717, 1.165) is 43.4 Å². The van der Waals surface area contributed by atoms with Gasteiger partial charge in [-0.1, -0.05) is 0 Å². The monoisotopic (exact) mass is 451 g/mol. The zero-order chi connectivity index (χ0) is 23.9. The Morgan fingerprint density at radius 2 is 1.79 bits per heavy atom. The molecule has 1 aromatic carbocycles. The summed E-state index contributed by atoms with van der Waals surface area (Å²) in [6.45, 7) is 8.91. The summed E-state index contributed by atoms with van der Waals surface area (Å²) < 4.78 is 7.02. The van der Waals surface area contributed by atoms with Crippen molar-refractivity contribution in [3.8, 4) is 5.75 Å². The van der Waals surface area contributed by atoms with Gasteiger partial charge in [-0.15, -0.1) is 0 Å². The Bertz CT molecular complexity index is 1250. The van der Waals surface area contributed by atoms with Crippen molar-refractivity contribution in [2.75, 3.05) is 48.8 Å². The summed E-state index contributed by atoms with van der Waals surface area (Å²) >= 11 is 0. The van der Waals surface area contributed by atoms with Crippen LogP contribution < -0.4 is 25.7 Å². The summed E-state index contributed by atoms with van der Waals surface area (Å²) in [5.74, 6) is 0.368. The van der Waals surface area contributed by atoms with Crippen molar-refractivity contribution in [3.63, 3.8) is 0 Å². The van der Waals surface area contributed by atoms with E-state index in [1.807, 2.05) is 43.5 Å². The predicted molar refractivity (Wildman–Crippen MR) is 130 cm³/mol. The molecule has 0 saturated carbocycles. The fraction of sp³-hybridized carbons (Fsp3) is 0.375. The molecule has 0 spiro atoms. The van der Waals surface area contributed by atoms with E-state index in [1.54, 1.807) is 19.4 Å². The van der Waals surface area contributed by atoms with Gasteiger partial charge in [0.1, 0.15) is 17.1 Å². The Hall–Kier alpha value is -3.75. The summed E-state index contributed by atoms with van der Waals surface area (Å²) in [6.07, 6.45) is 3.14. The third kappa shape index (κ3) is 4.18. The van der Waals surface area contributed by atoms with E-state index < -0.39 is 16.9 Å². The summed E-state index contributed by atoms with van der Waals surface area (Å²) in [5, 5.41) is 9.83. The smallest absolute Gasteiger partial charge is 0.341 e. The molecule has 1 fully saturated rings. The number of piperazine rings is 1. The number of nitrogens with two attached hydrogens (primary N) is 1. The van der Waals surface area contributed by atoms with Gasteiger partial charge in [0.2, 0.25) is 5.43 Å². The van der Waals surface area contributed by atoms with Gasteiger partial charge in [0.05, 0.1) is 30.2 Å². The molecule has 1 aliphatic heterocycles. The van der Waals surface area contributed by atoms with Crippen molar-refractivity contribution in [1.82, 2.24) is 9.55 Å². The van der Waals surface area contributed by atoms with Crippen molar-refractivity contribution in [2.24, 2.45) is 0 Å². The van der Waals surface area contributed by atoms with Gasteiger partial charge >= 0.3 is 5.97 Å². The van der Waals surface area contributed by atoms with Crippen LogP contribution in [0.15, 0.2) is 41.5 Å². The molecule has 0 radical (unpaired) electrons. The molecular formula is C24H29N5O4. The average Bonchev–Trinajstić information content (AvgIpc) is 2.78. The lowest BCUT2D eigenvalue weighted by atomic mass is 10.0. The van der Waals surface area contributed by atoms with Gasteiger partial charge in [-0.05, 0) is 45.0 Å². The minimum absolute atomic E-state index is 0.259. The number of rotatable bonds is 4. The number of hydrogen-bond acceptors (Lipinski definition) is 7. The number of nitrogen functional groups attached to an aromatic ring is 1. The maximum Gasteiger partial charge on any atom is 0.341 e. The van der Waals surface area contributed by atoms with Gasteiger partial charge in [0, 0.05) is 43.3 Å². The van der Waals surface area contributed by atoms with Gasteiger partial charge in [0.25, 0.3) is 0 Å². The van der Waals surface area contributed by atoms with Crippen molar-refractivity contribution in [2.45, 2.75) is 26.3 Å². The van der Waals surface area contributed by atoms with E-state index in [1.165, 1.54) is 6.20 Å². The molecule has 3 N–H and O–H groups in total. The van der Waals surface area contributed by atoms with Crippen LogP contribution in [0.4, 0.5) is 17.2 Å². The largest absolute Gasteiger partial charge is 0.495 e. The fourth-order valence-corrected chi connectivity index (χ4v) is 4.22. The first-order valence-corrected chi connectivity index (χ1v) is 10.8. The predicted octanol–water partition coefficient (Wildman–Crippen LogP) is 2.77. The Morgan fingerprint density at radius 1 is 1.12 bits per heavy atom. The molecule has 0 amide bonds. The summed E-state index contributed by atoms with van der Waals surface area (Å²) in [4.78, 5) is 33.4. The number of aromatic carboxylic acids is 1. The lowest BCUT2D eigenvalue weighted by Gasteiger charge is -2.37. The number of methoxy groups -OCH3 is 1. The summed E-state index contributed by atoms with van der Waals surface area (Å²) in [6, 6.07) is 7.36. The highest BCUT2D eigenvalue weighted by Gasteiger charge is 2.25. The van der Waals surface area contributed by atoms with E-state index in [0.29, 0.717) is 16.6 Å². The van der Waals surface area contributed by atoms with E-state index in [9.17, 15) is 14.7 Å². The number of hydrogen-bond donors (Lipinski definition) is 2. The highest BCUT2D eigenvalue weighted by atomic mass is 16.5. The highest BCUT2D eigenvalue weighted by Crippen LogP contribution is 2.32. The first-order valence-electron chi connectivity index (χ1n) is 10.8. The number of anilines is 3. The lowest BCUT2D eigenvalue weighted by Crippen LogP contribution is -2.47. The molecule has 9 heteroatoms. The van der Waals surface area contributed by atoms with Gasteiger partial charge in [-0.25, -0.2) is 9.78 Å². The van der Waals surface area contributed by atoms with E-state index >= 15 is 0 Å². The Balaban J connectivity index is 1.69. The number of carbonyl (C=O) groups is 1. The van der Waals surface area contributed by atoms with Gasteiger partial charge in [-0.2, -0.15) is 0 Å². The standard InChI is InChI=1S/C24H29N5O4/c1-24(2,3)29-14-17(23(31)32)22(30)16-11-18(25)20(12-19(16)29)27-7-9-28(10-8-27)21-6-5-15(33-4)13-26-21/h5-6,11-14H,7-10,25H2,1-4H3,(H,31,32). The molecule has 2 aromatic heterocycles. The maximum atomic E-state index is 12.8. The van der Waals surface area contributed by atoms with Crippen LogP contribution in [0.5, 0.6) is 5.75 Å². The minimum Gasteiger partial charge on any atom is -0.495 e. The Kier molecular flexibility index (Phi) is 5.65. The molecule has 9 nitrogen and oxygen atoms in total. The number of carboxylic acids is 1. The first-order chi connectivity index (χ1) is 15.6. The number of benzene rings is 1. The molecule has 4 rings (SSSR count). The summed E-state index contributed by atoms with van der Waals surface area (Å²) in [7, 11) is 1.62. The highest BCUT2D eigenvalue weighted by molar-refractivity contribution is 5.96. The quantitative estimate of drug-likeness (QED) is 0.582. The van der Waals surface area contributed by atoms with Gasteiger partial charge in [0.15, 0.2) is 0 Å². The van der Waals surface area contributed by atoms with Crippen LogP contribution in [0.3, 0.4) is 0 Å². The number of ether oxygens (including phenoxy) is 1. The molecule has 3 aromatic rings. The fourth-order valence-electron chi connectivity index (χ4n) is 4.22. The number of pyridine rings is 2. The van der Waals surface area contributed by atoms with E-state index in [2.05, 4.69) is 14.8 Å². The van der Waals surface area contributed by atoms with Gasteiger partial charge < -0.3 is 29.9 Å². The normalized spacial score (nSPS) is 14.5. The number of aromatic nitrogens is 2. The maximum absolute atomic E-state index is 12.8. The zero-order valence-electron chi connectivity index (χ0n) is 19.3. The second kappa shape index (κ2) is 8.31. The minimum atomic E-state index is -1.24. The van der Waals surface area contributed by atoms with Crippen LogP contribution in [-0.2, 0) is 5.54 Å². The van der Waals surface area contributed by atoms with Crippen molar-refractivity contribution < 1.29 is 14.6 Å². The molecule has 3 heterocycles. The third-order valence-electron chi connectivity index (χ3n) is 6.01. The van der Waals surface area contributed by atoms with Gasteiger partial charge in [-0.3, -0.25) is 4.79 Å². The lowest BCUT2D eigenvalue weighted by molar-refractivity contribution is 0.0694. The van der Waals surface area contributed by atoms with Crippen LogP contribution in [0.2, 0.25) is 0 Å². The van der Waals surface area contributed by atoms with Crippen LogP contribution in [0.1, 0.15) is 31.1 Å². The first kappa shape index (κ1) is 22.4. The van der Waals surface area contributed by atoms with E-state index in [-0.39, 0.29) is 5.56 Å². The van der Waals surface area contributed by atoms with Crippen LogP contribution in [0, 0.1) is 0 Å². The second-order valence-corrected chi connectivity index (χ2v) is 9.18. The number of carboxylic acid groups (broad SMARTS) is 1. The van der Waals surface area contributed by atoms with E-state index in [4.69, 9.17) is 10.5 Å². The molecule has 0 atom stereocenters. The third-order valence-corrected chi connectivity index (χ3v) is 6.01. The second-order valence-electron chi connectivity index (χ2n) is 9.18. The molecule has 0 unspecified atom stereocenters. The summed E-state index contributed by atoms with van der Waals surface area (Å²) in [5.41, 5.74) is 7.13. The number of nitrogens with zero attached hydrogens (tertiary/aromatic N) is 4. The Labute approximate surface area is 192 Å². The van der Waals surface area contributed by atoms with Crippen molar-refractivity contribution in [1.29, 1.82) is 0 Å². The molecule has 0 bridgehead atoms. The van der Waals surface area contributed by atoms with Crippen molar-refractivity contribution in [3.05, 3.63) is 52.4 Å². The SMILES string of the molecule is COc1ccc(N2CCN(c3cc4c(cc3N)c(=O)c(C(=O)O)cn4C(C)(C)C)CC2)nc1. The molecule has 1 aliphatic rings. The van der Waals surface area contributed by atoms with Crippen LogP contribution >= 0.6 is 0 Å². The molecule has 1 saturated heterocycles. The molecule has 33 heavy (non-hydrogen) atoms. The van der Waals surface area contributed by atoms with Crippen LogP contribution in [-0.4, -0.2) is 53.9 Å². The zero-order valence-corrected chi connectivity index (χ0v) is 19.3. The average molecular weight is 452 g/mol. The Morgan fingerprint density at radius 3 is 2.33 bits per heavy atom. The topological polar surface area (TPSA) is 114 Å². The van der Waals surface area contributed by atoms with Crippen molar-refractivity contribution >= 4 is 34.1 Å².